The monoisotopic (exact) mass is 620 g/mol. The van der Waals surface area contributed by atoms with E-state index in [1.807, 2.05) is 84.9 Å². The van der Waals surface area contributed by atoms with Crippen molar-refractivity contribution in [2.75, 3.05) is 9.80 Å². The Kier molecular flexibility index (Phi) is 5.02. The molecule has 2 aliphatic rings. The maximum absolute atomic E-state index is 6.55. The van der Waals surface area contributed by atoms with Gasteiger partial charge in [-0.25, -0.2) is 0 Å². The number of para-hydroxylation sites is 8. The molecule has 0 aliphatic carbocycles. The normalized spacial score (nSPS) is 13.2. The third kappa shape index (κ3) is 3.51. The van der Waals surface area contributed by atoms with E-state index in [9.17, 15) is 0 Å². The van der Waals surface area contributed by atoms with Crippen molar-refractivity contribution in [3.63, 3.8) is 0 Å². The number of hydrogen-bond donors (Lipinski definition) is 0. The summed E-state index contributed by atoms with van der Waals surface area (Å²) >= 11 is 0. The molecule has 0 bridgehead atoms. The van der Waals surface area contributed by atoms with Gasteiger partial charge in [-0.15, -0.1) is 0 Å². The van der Waals surface area contributed by atoms with E-state index in [0.29, 0.717) is 0 Å². The zero-order valence-corrected chi connectivity index (χ0v) is 25.4. The molecule has 0 fully saturated rings. The average Bonchev–Trinajstić information content (AvgIpc) is 3.70. The highest BCUT2D eigenvalue weighted by Gasteiger charge is 2.28. The second-order valence-electron chi connectivity index (χ2n) is 12.1. The number of benzene rings is 7. The van der Waals surface area contributed by atoms with Crippen molar-refractivity contribution in [1.82, 2.24) is 0 Å². The van der Waals surface area contributed by atoms with E-state index < -0.39 is 0 Å². The van der Waals surface area contributed by atoms with Gasteiger partial charge in [-0.2, -0.15) is 0 Å². The van der Waals surface area contributed by atoms with Crippen molar-refractivity contribution in [2.24, 2.45) is 0 Å². The van der Waals surface area contributed by atoms with Crippen LogP contribution in [0.1, 0.15) is 0 Å². The van der Waals surface area contributed by atoms with Crippen molar-refractivity contribution in [2.45, 2.75) is 0 Å². The van der Waals surface area contributed by atoms with Crippen LogP contribution in [0.4, 0.5) is 34.1 Å². The van der Waals surface area contributed by atoms with Gasteiger partial charge in [-0.3, -0.25) is 0 Å². The molecule has 7 aromatic carbocycles. The molecule has 2 aliphatic heterocycles. The van der Waals surface area contributed by atoms with Gasteiger partial charge in [0.15, 0.2) is 34.2 Å². The van der Waals surface area contributed by atoms with Gasteiger partial charge in [0.1, 0.15) is 11.2 Å². The number of fused-ring (bicyclic) bond motifs is 11. The van der Waals surface area contributed by atoms with Gasteiger partial charge in [0.25, 0.3) is 0 Å². The predicted octanol–water partition coefficient (Wildman–Crippen LogP) is 12.6. The molecule has 226 valence electrons. The minimum absolute atomic E-state index is 0.738. The summed E-state index contributed by atoms with van der Waals surface area (Å²) in [5, 5.41) is 4.05. The number of anilines is 6. The fourth-order valence-corrected chi connectivity index (χ4v) is 7.29. The van der Waals surface area contributed by atoms with Crippen LogP contribution in [-0.2, 0) is 0 Å². The summed E-state index contributed by atoms with van der Waals surface area (Å²) in [7, 11) is 0. The maximum atomic E-state index is 6.55. The molecule has 0 spiro atoms. The molecule has 2 aromatic heterocycles. The van der Waals surface area contributed by atoms with Crippen LogP contribution in [-0.4, -0.2) is 0 Å². The topological polar surface area (TPSA) is 51.2 Å². The molecule has 4 heterocycles. The van der Waals surface area contributed by atoms with Crippen LogP contribution < -0.4 is 19.3 Å². The molecule has 6 nitrogen and oxygen atoms in total. The van der Waals surface area contributed by atoms with Gasteiger partial charge < -0.3 is 28.1 Å². The summed E-state index contributed by atoms with van der Waals surface area (Å²) in [4.78, 5) is 4.49. The lowest BCUT2D eigenvalue weighted by Gasteiger charge is -2.32. The highest BCUT2D eigenvalue weighted by atomic mass is 16.5. The van der Waals surface area contributed by atoms with Gasteiger partial charge in [0, 0.05) is 32.9 Å². The Hall–Kier alpha value is -6.66. The van der Waals surface area contributed by atoms with Crippen LogP contribution in [0.25, 0.3) is 43.9 Å². The molecule has 0 N–H and O–H groups in total. The maximum Gasteiger partial charge on any atom is 0.178 e. The third-order valence-electron chi connectivity index (χ3n) is 9.42. The Morgan fingerprint density at radius 1 is 0.333 bits per heavy atom. The van der Waals surface area contributed by atoms with E-state index in [2.05, 4.69) is 70.5 Å². The van der Waals surface area contributed by atoms with Gasteiger partial charge >= 0.3 is 0 Å². The van der Waals surface area contributed by atoms with E-state index in [1.165, 1.54) is 0 Å². The first-order valence-corrected chi connectivity index (χ1v) is 15.9. The molecule has 0 saturated carbocycles. The van der Waals surface area contributed by atoms with Crippen LogP contribution in [0, 0.1) is 0 Å². The highest BCUT2D eigenvalue weighted by Crippen LogP contribution is 2.53. The van der Waals surface area contributed by atoms with E-state index in [-0.39, 0.29) is 0 Å². The lowest BCUT2D eigenvalue weighted by molar-refractivity contribution is 0.477. The first-order valence-electron chi connectivity index (χ1n) is 15.9. The Morgan fingerprint density at radius 2 is 0.688 bits per heavy atom. The summed E-state index contributed by atoms with van der Waals surface area (Å²) < 4.78 is 25.6. The van der Waals surface area contributed by atoms with Gasteiger partial charge in [0.2, 0.25) is 0 Å². The largest absolute Gasteiger partial charge is 0.453 e. The summed E-state index contributed by atoms with van der Waals surface area (Å²) in [5.41, 5.74) is 9.09. The van der Waals surface area contributed by atoms with Gasteiger partial charge in [-0.1, -0.05) is 48.5 Å². The molecular weight excluding hydrogens is 596 g/mol. The number of hydrogen-bond acceptors (Lipinski definition) is 6. The second kappa shape index (κ2) is 9.44. The zero-order valence-electron chi connectivity index (χ0n) is 25.4. The highest BCUT2D eigenvalue weighted by molar-refractivity contribution is 6.19. The van der Waals surface area contributed by atoms with E-state index in [0.717, 1.165) is 101 Å². The predicted molar refractivity (Wildman–Crippen MR) is 191 cm³/mol. The Morgan fingerprint density at radius 3 is 1.06 bits per heavy atom. The van der Waals surface area contributed by atoms with Crippen molar-refractivity contribution in [1.29, 1.82) is 0 Å². The number of nitrogens with zero attached hydrogens (tertiary/aromatic N) is 2. The number of rotatable bonds is 2. The Bertz CT molecular complexity index is 2490. The number of ether oxygens (including phenoxy) is 2. The minimum Gasteiger partial charge on any atom is -0.453 e. The molecule has 9 aromatic rings. The Balaban J connectivity index is 1.08. The smallest absolute Gasteiger partial charge is 0.178 e. The first kappa shape index (κ1) is 25.5. The summed E-state index contributed by atoms with van der Waals surface area (Å²) in [6, 6.07) is 49.5. The minimum atomic E-state index is 0.738. The quantitative estimate of drug-likeness (QED) is 0.192. The Labute approximate surface area is 274 Å². The fourth-order valence-electron chi connectivity index (χ4n) is 7.29. The second-order valence-corrected chi connectivity index (χ2v) is 12.1. The van der Waals surface area contributed by atoms with Crippen LogP contribution in [0.2, 0.25) is 0 Å². The van der Waals surface area contributed by atoms with Gasteiger partial charge in [0.05, 0.1) is 22.7 Å². The molecule has 6 heteroatoms. The van der Waals surface area contributed by atoms with Crippen LogP contribution in [0.5, 0.6) is 23.0 Å². The summed E-state index contributed by atoms with van der Waals surface area (Å²) in [6.07, 6.45) is 0. The lowest BCUT2D eigenvalue weighted by Crippen LogP contribution is -2.15. The molecule has 48 heavy (non-hydrogen) atoms. The molecule has 0 amide bonds. The number of furan rings is 2. The van der Waals surface area contributed by atoms with E-state index >= 15 is 0 Å². The SMILES string of the molecule is c1ccc2c(c1)Oc1ccccc1N2c1ccc2oc3c(ccc4c5cc(N6c7ccccc7Oc7ccccc76)ccc5oc43)c2c1. The summed E-state index contributed by atoms with van der Waals surface area (Å²) in [5.74, 6) is 3.28. The van der Waals surface area contributed by atoms with Crippen LogP contribution in [0.15, 0.2) is 154 Å². The summed E-state index contributed by atoms with van der Waals surface area (Å²) in [6.45, 7) is 0. The molecule has 0 unspecified atom stereocenters. The molecule has 11 rings (SSSR count). The third-order valence-corrected chi connectivity index (χ3v) is 9.42. The van der Waals surface area contributed by atoms with Crippen molar-refractivity contribution < 1.29 is 18.3 Å². The van der Waals surface area contributed by atoms with E-state index in [1.54, 1.807) is 0 Å². The average molecular weight is 621 g/mol. The molecule has 0 saturated heterocycles. The van der Waals surface area contributed by atoms with Gasteiger partial charge in [-0.05, 0) is 97.1 Å². The first-order chi connectivity index (χ1) is 23.8. The van der Waals surface area contributed by atoms with Crippen molar-refractivity contribution in [3.8, 4) is 23.0 Å². The molecule has 0 radical (unpaired) electrons. The van der Waals surface area contributed by atoms with Crippen LogP contribution >= 0.6 is 0 Å². The standard InChI is InChI=1S/C42H24N2O4/c1-5-13-37-31(9-1)43(32-10-2-6-14-38(32)45-37)25-17-21-35-29(23-25)27-19-20-28-30-24-26(18-22-36(30)48-42(28)41(27)47-35)44-33-11-3-7-15-39(33)46-40-16-8-4-12-34(40)44/h1-24H. The zero-order chi connectivity index (χ0) is 31.3. The molecule has 0 atom stereocenters. The fraction of sp³-hybridized carbons (Fsp3) is 0. The molecular formula is C42H24N2O4. The lowest BCUT2D eigenvalue weighted by atomic mass is 10.1. The van der Waals surface area contributed by atoms with Crippen molar-refractivity contribution >= 4 is 78.0 Å². The van der Waals surface area contributed by atoms with E-state index in [4.69, 9.17) is 18.3 Å². The van der Waals surface area contributed by atoms with Crippen molar-refractivity contribution in [3.05, 3.63) is 146 Å². The van der Waals surface area contributed by atoms with Crippen LogP contribution in [0.3, 0.4) is 0 Å².